The summed E-state index contributed by atoms with van der Waals surface area (Å²) < 4.78 is 0. The molecule has 0 heterocycles. The number of carboxylic acids is 1. The fourth-order valence-corrected chi connectivity index (χ4v) is 3.93. The van der Waals surface area contributed by atoms with E-state index >= 15 is 0 Å². The van der Waals surface area contributed by atoms with Crippen LogP contribution < -0.4 is 21.7 Å². The van der Waals surface area contributed by atoms with Gasteiger partial charge in [0.15, 0.2) is 6.04 Å². The molecule has 0 radical (unpaired) electrons. The van der Waals surface area contributed by atoms with Crippen LogP contribution in [-0.4, -0.2) is 69.3 Å². The van der Waals surface area contributed by atoms with Gasteiger partial charge in [-0.1, -0.05) is 56.3 Å². The fourth-order valence-electron chi connectivity index (χ4n) is 3.93. The minimum atomic E-state index is -1.55. The molecule has 5 atom stereocenters. The number of benzene rings is 2. The second-order valence-electron chi connectivity index (χ2n) is 9.98. The second-order valence-corrected chi connectivity index (χ2v) is 9.98. The topological polar surface area (TPSA) is 191 Å². The molecular formula is C28H38N4O7. The summed E-state index contributed by atoms with van der Waals surface area (Å²) in [4.78, 5) is 50.8. The van der Waals surface area contributed by atoms with Crippen LogP contribution in [0, 0.1) is 5.92 Å². The highest BCUT2D eigenvalue weighted by atomic mass is 16.4. The number of aromatic hydroxyl groups is 1. The Morgan fingerprint density at radius 2 is 1.31 bits per heavy atom. The average Bonchev–Trinajstić information content (AvgIpc) is 2.87. The van der Waals surface area contributed by atoms with Gasteiger partial charge >= 0.3 is 5.97 Å². The smallest absolute Gasteiger partial charge is 0.328 e. The number of hydrogen-bond donors (Lipinski definition) is 7. The summed E-state index contributed by atoms with van der Waals surface area (Å²) in [5, 5.41) is 36.1. The highest BCUT2D eigenvalue weighted by molar-refractivity contribution is 5.94. The molecule has 11 heteroatoms. The van der Waals surface area contributed by atoms with Crippen molar-refractivity contribution in [3.63, 3.8) is 0 Å². The van der Waals surface area contributed by atoms with Gasteiger partial charge in [0.25, 0.3) is 0 Å². The summed E-state index contributed by atoms with van der Waals surface area (Å²) >= 11 is 0. The molecular weight excluding hydrogens is 504 g/mol. The van der Waals surface area contributed by atoms with Crippen molar-refractivity contribution in [3.05, 3.63) is 65.7 Å². The van der Waals surface area contributed by atoms with E-state index in [1.54, 1.807) is 36.4 Å². The molecule has 3 amide bonds. The van der Waals surface area contributed by atoms with E-state index in [9.17, 15) is 34.5 Å². The molecule has 11 nitrogen and oxygen atoms in total. The number of nitrogens with one attached hydrogen (secondary N) is 3. The van der Waals surface area contributed by atoms with Gasteiger partial charge in [0.1, 0.15) is 17.8 Å². The first-order valence-corrected chi connectivity index (χ1v) is 12.8. The van der Waals surface area contributed by atoms with Crippen LogP contribution in [0.25, 0.3) is 0 Å². The Balaban J connectivity index is 2.21. The van der Waals surface area contributed by atoms with E-state index in [4.69, 9.17) is 5.73 Å². The number of carbonyl (C=O) groups excluding carboxylic acids is 3. The van der Waals surface area contributed by atoms with E-state index in [0.717, 1.165) is 11.1 Å². The van der Waals surface area contributed by atoms with Crippen molar-refractivity contribution < 1.29 is 34.5 Å². The zero-order chi connectivity index (χ0) is 29.1. The molecule has 0 saturated carbocycles. The largest absolute Gasteiger partial charge is 0.508 e. The van der Waals surface area contributed by atoms with Gasteiger partial charge in [0.05, 0.1) is 12.1 Å². The lowest BCUT2D eigenvalue weighted by Gasteiger charge is -2.26. The predicted octanol–water partition coefficient (Wildman–Crippen LogP) is 0.471. The van der Waals surface area contributed by atoms with Gasteiger partial charge in [-0.15, -0.1) is 0 Å². The van der Waals surface area contributed by atoms with Crippen molar-refractivity contribution in [2.45, 2.75) is 70.3 Å². The number of hydrogen-bond acceptors (Lipinski definition) is 7. The Morgan fingerprint density at radius 3 is 1.85 bits per heavy atom. The number of nitrogens with two attached hydrogens (primary N) is 1. The second kappa shape index (κ2) is 14.8. The quantitative estimate of drug-likeness (QED) is 0.179. The van der Waals surface area contributed by atoms with Crippen LogP contribution in [0.3, 0.4) is 0 Å². The minimum Gasteiger partial charge on any atom is -0.508 e. The van der Waals surface area contributed by atoms with Gasteiger partial charge in [-0.2, -0.15) is 0 Å². The molecule has 8 N–H and O–H groups in total. The molecule has 0 aliphatic rings. The average molecular weight is 543 g/mol. The Hall–Kier alpha value is -3.96. The van der Waals surface area contributed by atoms with Gasteiger partial charge in [-0.25, -0.2) is 4.79 Å². The number of aliphatic hydroxyl groups excluding tert-OH is 1. The van der Waals surface area contributed by atoms with Crippen LogP contribution in [0.4, 0.5) is 0 Å². The number of carboxylic acid groups (broad SMARTS) is 1. The maximum absolute atomic E-state index is 13.4. The van der Waals surface area contributed by atoms with E-state index in [2.05, 4.69) is 16.0 Å². The first-order chi connectivity index (χ1) is 18.4. The lowest BCUT2D eigenvalue weighted by Crippen LogP contribution is -2.59. The highest BCUT2D eigenvalue weighted by Crippen LogP contribution is 2.12. The first kappa shape index (κ1) is 31.3. The Morgan fingerprint density at radius 1 is 0.769 bits per heavy atom. The molecule has 0 fully saturated rings. The molecule has 0 aliphatic heterocycles. The van der Waals surface area contributed by atoms with Gasteiger partial charge in [0, 0.05) is 6.42 Å². The zero-order valence-corrected chi connectivity index (χ0v) is 22.3. The van der Waals surface area contributed by atoms with Crippen molar-refractivity contribution >= 4 is 23.7 Å². The Labute approximate surface area is 227 Å². The predicted molar refractivity (Wildman–Crippen MR) is 144 cm³/mol. The number of carbonyl (C=O) groups is 4. The SMILES string of the molecule is CC(C)CC(NC(=O)C(Cc1ccccc1)NC(=O)C(N)Cc1ccc(O)cc1)C(=O)NC(C(=O)O)C(C)O. The molecule has 2 aromatic carbocycles. The van der Waals surface area contributed by atoms with Gasteiger partial charge in [0.2, 0.25) is 17.7 Å². The fraction of sp³-hybridized carbons (Fsp3) is 0.429. The number of rotatable bonds is 14. The van der Waals surface area contributed by atoms with Crippen LogP contribution in [0.15, 0.2) is 54.6 Å². The van der Waals surface area contributed by atoms with Crippen LogP contribution in [0.1, 0.15) is 38.3 Å². The van der Waals surface area contributed by atoms with Gasteiger partial charge < -0.3 is 37.0 Å². The summed E-state index contributed by atoms with van der Waals surface area (Å²) in [7, 11) is 0. The minimum absolute atomic E-state index is 0.0447. The highest BCUT2D eigenvalue weighted by Gasteiger charge is 2.32. The normalized spacial score (nSPS) is 14.9. The molecule has 212 valence electrons. The molecule has 0 aliphatic carbocycles. The molecule has 2 aromatic rings. The number of phenols is 1. The molecule has 0 aromatic heterocycles. The number of phenolic OH excluding ortho intramolecular Hbond substituents is 1. The van der Waals surface area contributed by atoms with Crippen molar-refractivity contribution in [1.29, 1.82) is 0 Å². The Bertz CT molecular complexity index is 1110. The zero-order valence-electron chi connectivity index (χ0n) is 22.3. The third kappa shape index (κ3) is 10.4. The maximum atomic E-state index is 13.4. The number of aliphatic hydroxyl groups is 1. The maximum Gasteiger partial charge on any atom is 0.328 e. The van der Waals surface area contributed by atoms with Crippen LogP contribution in [0.2, 0.25) is 0 Å². The molecule has 0 saturated heterocycles. The lowest BCUT2D eigenvalue weighted by atomic mass is 10.00. The first-order valence-electron chi connectivity index (χ1n) is 12.8. The van der Waals surface area contributed by atoms with Crippen LogP contribution >= 0.6 is 0 Å². The van der Waals surface area contributed by atoms with Crippen molar-refractivity contribution in [1.82, 2.24) is 16.0 Å². The van der Waals surface area contributed by atoms with Crippen molar-refractivity contribution in [2.24, 2.45) is 11.7 Å². The van der Waals surface area contributed by atoms with Gasteiger partial charge in [-0.05, 0) is 48.9 Å². The third-order valence-electron chi connectivity index (χ3n) is 6.03. The third-order valence-corrected chi connectivity index (χ3v) is 6.03. The summed E-state index contributed by atoms with van der Waals surface area (Å²) in [6.45, 7) is 4.91. The molecule has 5 unspecified atom stereocenters. The lowest BCUT2D eigenvalue weighted by molar-refractivity contribution is -0.145. The van der Waals surface area contributed by atoms with E-state index in [1.165, 1.54) is 19.1 Å². The molecule has 2 rings (SSSR count). The van der Waals surface area contributed by atoms with Crippen LogP contribution in [-0.2, 0) is 32.0 Å². The van der Waals surface area contributed by atoms with Crippen LogP contribution in [0.5, 0.6) is 5.75 Å². The summed E-state index contributed by atoms with van der Waals surface area (Å²) in [5.41, 5.74) is 7.59. The Kier molecular flexibility index (Phi) is 11.9. The molecule has 39 heavy (non-hydrogen) atoms. The van der Waals surface area contributed by atoms with E-state index < -0.39 is 54.0 Å². The number of amides is 3. The summed E-state index contributed by atoms with van der Waals surface area (Å²) in [6.07, 6.45) is -0.885. The monoisotopic (exact) mass is 542 g/mol. The van der Waals surface area contributed by atoms with Crippen molar-refractivity contribution in [2.75, 3.05) is 0 Å². The standard InChI is InChI=1S/C28H38N4O7/c1-16(2)13-22(27(37)32-24(17(3)33)28(38)39)31-26(36)23(15-18-7-5-4-6-8-18)30-25(35)21(29)14-19-9-11-20(34)12-10-19/h4-12,16-17,21-24,33-34H,13-15,29H2,1-3H3,(H,30,35)(H,31,36)(H,32,37)(H,38,39). The summed E-state index contributed by atoms with van der Waals surface area (Å²) in [6, 6.07) is 10.5. The van der Waals surface area contributed by atoms with E-state index in [-0.39, 0.29) is 30.9 Å². The summed E-state index contributed by atoms with van der Waals surface area (Å²) in [5.74, 6) is -3.36. The van der Waals surface area contributed by atoms with E-state index in [0.29, 0.717) is 0 Å². The molecule has 0 spiro atoms. The van der Waals surface area contributed by atoms with Gasteiger partial charge in [-0.3, -0.25) is 14.4 Å². The van der Waals surface area contributed by atoms with Crippen molar-refractivity contribution in [3.8, 4) is 5.75 Å². The number of aliphatic carboxylic acids is 1. The molecule has 0 bridgehead atoms. The van der Waals surface area contributed by atoms with E-state index in [1.807, 2.05) is 19.9 Å².